The number of aliphatic hydroxyl groups is 1. The van der Waals surface area contributed by atoms with Crippen LogP contribution < -0.4 is 5.32 Å². The van der Waals surface area contributed by atoms with E-state index in [4.69, 9.17) is 23.8 Å². The fourth-order valence-corrected chi connectivity index (χ4v) is 9.77. The Kier molecular flexibility index (Phi) is 13.5. The highest BCUT2D eigenvalue weighted by Crippen LogP contribution is 2.59. The molecule has 8 atom stereocenters. The van der Waals surface area contributed by atoms with Gasteiger partial charge in [-0.05, 0) is 87.1 Å². The van der Waals surface area contributed by atoms with E-state index in [-0.39, 0.29) is 38.3 Å². The Balaban J connectivity index is 1.30. The number of carbonyl (C=O) groups excluding carboxylic acids is 4. The predicted molar refractivity (Wildman–Crippen MR) is 210 cm³/mol. The Hall–Kier alpha value is -2.37. The molecule has 2 N–H and O–H groups in total. The molecule has 2 unspecified atom stereocenters. The van der Waals surface area contributed by atoms with Crippen molar-refractivity contribution in [1.29, 1.82) is 0 Å². The highest BCUT2D eigenvalue weighted by Gasteiger charge is 2.77. The van der Waals surface area contributed by atoms with Crippen molar-refractivity contribution >= 4 is 46.3 Å². The summed E-state index contributed by atoms with van der Waals surface area (Å²) in [6, 6.07) is 5.23. The van der Waals surface area contributed by atoms with E-state index in [2.05, 4.69) is 41.8 Å². The lowest BCUT2D eigenvalue weighted by Gasteiger charge is -2.50. The highest BCUT2D eigenvalue weighted by atomic mass is 127. The first-order valence-corrected chi connectivity index (χ1v) is 21.5. The fourth-order valence-electron chi connectivity index (χ4n) is 9.21. The largest absolute Gasteiger partial charge is 0.460 e. The summed E-state index contributed by atoms with van der Waals surface area (Å²) >= 11 is 2.26. The van der Waals surface area contributed by atoms with Crippen molar-refractivity contribution in [2.45, 2.75) is 179 Å². The number of unbranched alkanes of at least 4 members (excludes halogenated alkanes) is 4. The lowest BCUT2D eigenvalue weighted by Crippen LogP contribution is -2.70. The van der Waals surface area contributed by atoms with Gasteiger partial charge < -0.3 is 34.3 Å². The number of nitrogens with zero attached hydrogens (tertiary/aromatic N) is 2. The van der Waals surface area contributed by atoms with Gasteiger partial charge in [0.1, 0.15) is 41.5 Å². The first kappa shape index (κ1) is 42.2. The first-order chi connectivity index (χ1) is 26.3. The maximum absolute atomic E-state index is 15.4. The molecule has 0 spiro atoms. The molecule has 4 aliphatic heterocycles. The number of carbonyl (C=O) groups is 4. The second kappa shape index (κ2) is 17.6. The van der Waals surface area contributed by atoms with E-state index in [0.29, 0.717) is 32.2 Å². The molecule has 1 aliphatic carbocycles. The van der Waals surface area contributed by atoms with Crippen LogP contribution in [0.1, 0.15) is 124 Å². The summed E-state index contributed by atoms with van der Waals surface area (Å²) in [4.78, 5) is 64.5. The summed E-state index contributed by atoms with van der Waals surface area (Å²) in [5, 5.41) is 14.7. The van der Waals surface area contributed by atoms with E-state index < -0.39 is 77.2 Å². The van der Waals surface area contributed by atoms with E-state index in [1.54, 1.807) is 30.7 Å². The minimum Gasteiger partial charge on any atom is -0.460 e. The fraction of sp³-hybridized carbons (Fsp3) is 0.756. The summed E-state index contributed by atoms with van der Waals surface area (Å²) in [7, 11) is 0. The maximum Gasteiger partial charge on any atom is 0.327 e. The molecular weight excluding hydrogens is 821 g/mol. The Morgan fingerprint density at radius 1 is 1.05 bits per heavy atom. The van der Waals surface area contributed by atoms with Gasteiger partial charge in [0, 0.05) is 35.8 Å². The van der Waals surface area contributed by atoms with E-state index in [1.165, 1.54) is 0 Å². The Morgan fingerprint density at radius 2 is 1.75 bits per heavy atom. The Bertz CT molecular complexity index is 1540. The smallest absolute Gasteiger partial charge is 0.327 e. The maximum atomic E-state index is 15.4. The molecule has 1 saturated carbocycles. The molecule has 0 aromatic heterocycles. The minimum atomic E-state index is -1.40. The SMILES string of the molecule is CCCCCC1(CCCCC)O[C@@H]2[C@H]3ON(Cc4ccccc4I)[C@H]4C(=O)OC(CC34C(=O)N3CCC[C@@H]3C(=O)N[C@H](CO)CCC(=O)OC(C)(C)C)[C@@H]2O1. The zero-order chi connectivity index (χ0) is 39.5. The van der Waals surface area contributed by atoms with Crippen molar-refractivity contribution in [3.05, 3.63) is 33.4 Å². The van der Waals surface area contributed by atoms with Gasteiger partial charge in [0.05, 0.1) is 19.2 Å². The van der Waals surface area contributed by atoms with Gasteiger partial charge in [-0.2, -0.15) is 5.06 Å². The number of likely N-dealkylation sites (tertiary alicyclic amines) is 1. The summed E-state index contributed by atoms with van der Waals surface area (Å²) in [5.74, 6) is -2.60. The van der Waals surface area contributed by atoms with Gasteiger partial charge in [-0.25, -0.2) is 0 Å². The average molecular weight is 882 g/mol. The third kappa shape index (κ3) is 8.89. The molecule has 55 heavy (non-hydrogen) atoms. The number of ether oxygens (including phenoxy) is 4. The second-order valence-corrected chi connectivity index (χ2v) is 18.1. The minimum absolute atomic E-state index is 0.0165. The standard InChI is InChI=1S/C41H60IN3O10/c1-6-8-12-20-40(21-13-9-7-2)53-32-30-23-41(34(37(49)51-30)45(55-35(41)33(32)54-40)24-26-15-10-11-16-28(26)42)38(50)44-22-14-17-29(44)36(48)43-27(25-46)18-19-31(47)52-39(3,4)5/h10-11,15-16,27,29-30,32-35,46H,6-9,12-14,17-25H2,1-5H3,(H,43,48)/t27-,29+,30?,32-,33-,34-,35+,41?/m0/s1. The molecular formula is C41H60IN3O10. The number of fused-ring (bicyclic) bond motifs is 4. The van der Waals surface area contributed by atoms with E-state index >= 15 is 4.79 Å². The molecule has 14 heteroatoms. The number of benzene rings is 1. The zero-order valence-corrected chi connectivity index (χ0v) is 35.2. The topological polar surface area (TPSA) is 153 Å². The molecule has 5 aliphatic rings. The number of hydrogen-bond acceptors (Lipinski definition) is 11. The van der Waals surface area contributed by atoms with Gasteiger partial charge in [-0.1, -0.05) is 57.7 Å². The predicted octanol–water partition coefficient (Wildman–Crippen LogP) is 5.32. The lowest BCUT2D eigenvalue weighted by atomic mass is 9.62. The van der Waals surface area contributed by atoms with Crippen molar-refractivity contribution in [1.82, 2.24) is 15.3 Å². The number of amides is 2. The molecule has 6 rings (SSSR count). The molecule has 1 aromatic rings. The van der Waals surface area contributed by atoms with Crippen LogP contribution in [0, 0.1) is 8.99 Å². The number of halogens is 1. The third-order valence-electron chi connectivity index (χ3n) is 11.8. The molecule has 2 bridgehead atoms. The number of hydroxylamine groups is 2. The molecule has 5 fully saturated rings. The van der Waals surface area contributed by atoms with Crippen LogP contribution in [0.2, 0.25) is 0 Å². The monoisotopic (exact) mass is 881 g/mol. The van der Waals surface area contributed by atoms with Crippen LogP contribution in [0.4, 0.5) is 0 Å². The van der Waals surface area contributed by atoms with Crippen LogP contribution in [-0.4, -0.2) is 106 Å². The summed E-state index contributed by atoms with van der Waals surface area (Å²) < 4.78 is 26.6. The third-order valence-corrected chi connectivity index (χ3v) is 12.8. The van der Waals surface area contributed by atoms with Crippen molar-refractivity contribution in [2.24, 2.45) is 5.41 Å². The molecule has 306 valence electrons. The normalized spacial score (nSPS) is 30.2. The van der Waals surface area contributed by atoms with Crippen LogP contribution >= 0.6 is 22.6 Å². The van der Waals surface area contributed by atoms with Gasteiger partial charge in [0.25, 0.3) is 0 Å². The highest BCUT2D eigenvalue weighted by molar-refractivity contribution is 14.1. The van der Waals surface area contributed by atoms with E-state index in [0.717, 1.165) is 47.7 Å². The summed E-state index contributed by atoms with van der Waals surface area (Å²) in [5.41, 5.74) is -1.11. The van der Waals surface area contributed by atoms with Gasteiger partial charge >= 0.3 is 11.9 Å². The van der Waals surface area contributed by atoms with Crippen LogP contribution in [0.15, 0.2) is 24.3 Å². The lowest BCUT2D eigenvalue weighted by molar-refractivity contribution is -0.225. The zero-order valence-electron chi connectivity index (χ0n) is 33.1. The van der Waals surface area contributed by atoms with Crippen LogP contribution in [0.3, 0.4) is 0 Å². The van der Waals surface area contributed by atoms with Gasteiger partial charge in [-0.3, -0.25) is 24.0 Å². The summed E-state index contributed by atoms with van der Waals surface area (Å²) in [6.07, 6.45) is 5.87. The Labute approximate surface area is 338 Å². The van der Waals surface area contributed by atoms with Crippen molar-refractivity contribution < 1.29 is 48.1 Å². The molecule has 1 aromatic carbocycles. The quantitative estimate of drug-likeness (QED) is 0.119. The Morgan fingerprint density at radius 3 is 2.40 bits per heavy atom. The van der Waals surface area contributed by atoms with Crippen LogP contribution in [0.25, 0.3) is 0 Å². The first-order valence-electron chi connectivity index (χ1n) is 20.4. The van der Waals surface area contributed by atoms with Crippen LogP contribution in [-0.2, 0) is 49.5 Å². The van der Waals surface area contributed by atoms with E-state index in [9.17, 15) is 19.5 Å². The van der Waals surface area contributed by atoms with Crippen molar-refractivity contribution in [2.75, 3.05) is 13.2 Å². The van der Waals surface area contributed by atoms with Crippen molar-refractivity contribution in [3.8, 4) is 0 Å². The van der Waals surface area contributed by atoms with E-state index in [1.807, 2.05) is 24.3 Å². The molecule has 4 heterocycles. The number of nitrogens with one attached hydrogen (secondary N) is 1. The number of hydrogen-bond donors (Lipinski definition) is 2. The molecule has 13 nitrogen and oxygen atoms in total. The molecule has 0 radical (unpaired) electrons. The number of aliphatic hydroxyl groups excluding tert-OH is 1. The number of esters is 2. The summed E-state index contributed by atoms with van der Waals surface area (Å²) in [6.45, 7) is 9.85. The van der Waals surface area contributed by atoms with Crippen LogP contribution in [0.5, 0.6) is 0 Å². The van der Waals surface area contributed by atoms with Gasteiger partial charge in [0.2, 0.25) is 11.8 Å². The number of rotatable bonds is 17. The molecule has 4 saturated heterocycles. The van der Waals surface area contributed by atoms with Gasteiger partial charge in [0.15, 0.2) is 11.8 Å². The molecule has 2 amide bonds. The van der Waals surface area contributed by atoms with Crippen molar-refractivity contribution in [3.63, 3.8) is 0 Å². The second-order valence-electron chi connectivity index (χ2n) is 17.0. The average Bonchev–Trinajstić information content (AvgIpc) is 3.86. The van der Waals surface area contributed by atoms with Gasteiger partial charge in [-0.15, -0.1) is 0 Å².